The van der Waals surface area contributed by atoms with Crippen molar-refractivity contribution in [3.05, 3.63) is 41.1 Å². The number of para-hydroxylation sites is 1. The third-order valence-electron chi connectivity index (χ3n) is 5.60. The smallest absolute Gasteiger partial charge is 0.339 e. The lowest BCUT2D eigenvalue weighted by molar-refractivity contribution is -0.134. The number of sulfone groups is 1. The van der Waals surface area contributed by atoms with Crippen LogP contribution in [0.4, 0.5) is 0 Å². The molecule has 1 aliphatic rings. The van der Waals surface area contributed by atoms with Gasteiger partial charge >= 0.3 is 5.97 Å². The molecule has 1 fully saturated rings. The Morgan fingerprint density at radius 2 is 1.97 bits per heavy atom. The number of likely N-dealkylation sites (N-methyl/N-ethyl adjacent to an activating group) is 1. The zero-order valence-corrected chi connectivity index (χ0v) is 18.5. The van der Waals surface area contributed by atoms with Crippen LogP contribution in [-0.2, 0) is 32.2 Å². The summed E-state index contributed by atoms with van der Waals surface area (Å²) >= 11 is 0. The van der Waals surface area contributed by atoms with Gasteiger partial charge in [0, 0.05) is 24.2 Å². The first kappa shape index (κ1) is 22.2. The van der Waals surface area contributed by atoms with Crippen LogP contribution in [0.5, 0.6) is 0 Å². The maximum absolute atomic E-state index is 13.0. The number of fused-ring (bicyclic) bond motifs is 1. The van der Waals surface area contributed by atoms with Gasteiger partial charge < -0.3 is 9.64 Å². The Labute approximate surface area is 177 Å². The molecule has 3 rings (SSSR count). The number of pyridine rings is 1. The summed E-state index contributed by atoms with van der Waals surface area (Å²) in [4.78, 5) is 31.6. The van der Waals surface area contributed by atoms with Crippen molar-refractivity contribution in [2.75, 3.05) is 25.2 Å². The molecular formula is C22H28N2O5S. The molecule has 0 N–H and O–H groups in total. The van der Waals surface area contributed by atoms with Crippen molar-refractivity contribution in [3.63, 3.8) is 0 Å². The highest BCUT2D eigenvalue weighted by Gasteiger charge is 2.33. The molecule has 7 nitrogen and oxygen atoms in total. The number of ether oxygens (including phenoxy) is 1. The molecule has 2 heterocycles. The fraction of sp³-hybridized carbons (Fsp3) is 0.500. The van der Waals surface area contributed by atoms with E-state index in [9.17, 15) is 18.0 Å². The maximum Gasteiger partial charge on any atom is 0.339 e. The molecule has 0 radical (unpaired) electrons. The molecular weight excluding hydrogens is 404 g/mol. The maximum atomic E-state index is 13.0. The number of carbonyl (C=O) groups excluding carboxylic acids is 2. The van der Waals surface area contributed by atoms with E-state index in [1.807, 2.05) is 31.2 Å². The molecule has 1 aromatic carbocycles. The van der Waals surface area contributed by atoms with Gasteiger partial charge in [-0.1, -0.05) is 38.5 Å². The fourth-order valence-electron chi connectivity index (χ4n) is 3.95. The Bertz CT molecular complexity index is 1060. The van der Waals surface area contributed by atoms with Crippen LogP contribution in [0.2, 0.25) is 0 Å². The number of nitrogens with zero attached hydrogens (tertiary/aromatic N) is 2. The van der Waals surface area contributed by atoms with E-state index in [0.29, 0.717) is 23.8 Å². The molecule has 162 valence electrons. The number of hydrogen-bond donors (Lipinski definition) is 0. The van der Waals surface area contributed by atoms with Crippen molar-refractivity contribution in [1.82, 2.24) is 9.88 Å². The monoisotopic (exact) mass is 432 g/mol. The van der Waals surface area contributed by atoms with Crippen LogP contribution in [0.1, 0.15) is 48.3 Å². The lowest BCUT2D eigenvalue weighted by atomic mass is 9.96. The van der Waals surface area contributed by atoms with Gasteiger partial charge in [0.25, 0.3) is 5.91 Å². The Morgan fingerprint density at radius 3 is 2.60 bits per heavy atom. The number of benzene rings is 1. The highest BCUT2D eigenvalue weighted by molar-refractivity contribution is 7.91. The minimum Gasteiger partial charge on any atom is -0.452 e. The second-order valence-electron chi connectivity index (χ2n) is 7.67. The van der Waals surface area contributed by atoms with Gasteiger partial charge in [-0.05, 0) is 30.9 Å². The van der Waals surface area contributed by atoms with E-state index in [0.717, 1.165) is 29.6 Å². The second-order valence-corrected chi connectivity index (χ2v) is 9.90. The molecule has 1 aromatic heterocycles. The van der Waals surface area contributed by atoms with Crippen LogP contribution in [-0.4, -0.2) is 61.4 Å². The summed E-state index contributed by atoms with van der Waals surface area (Å²) in [6.45, 7) is 3.61. The number of aryl methyl sites for hydroxylation is 1. The summed E-state index contributed by atoms with van der Waals surface area (Å²) in [5, 5.41) is 0.710. The molecule has 30 heavy (non-hydrogen) atoms. The molecule has 1 amide bonds. The van der Waals surface area contributed by atoms with Gasteiger partial charge in [-0.3, -0.25) is 9.78 Å². The van der Waals surface area contributed by atoms with Crippen molar-refractivity contribution in [1.29, 1.82) is 0 Å². The van der Waals surface area contributed by atoms with E-state index in [1.54, 1.807) is 7.05 Å². The first-order valence-electron chi connectivity index (χ1n) is 10.3. The number of amides is 1. The van der Waals surface area contributed by atoms with Gasteiger partial charge in [0.05, 0.1) is 22.6 Å². The van der Waals surface area contributed by atoms with Crippen LogP contribution in [0.25, 0.3) is 10.9 Å². The predicted octanol–water partition coefficient (Wildman–Crippen LogP) is 2.55. The predicted molar refractivity (Wildman–Crippen MR) is 115 cm³/mol. The average molecular weight is 433 g/mol. The Morgan fingerprint density at radius 1 is 1.23 bits per heavy atom. The first-order chi connectivity index (χ1) is 14.3. The van der Waals surface area contributed by atoms with Crippen molar-refractivity contribution < 1.29 is 22.7 Å². The molecule has 8 heteroatoms. The topological polar surface area (TPSA) is 93.6 Å². The third kappa shape index (κ3) is 4.64. The van der Waals surface area contributed by atoms with Gasteiger partial charge in [0.2, 0.25) is 0 Å². The standard InChI is InChI=1S/C22H28N2O5S/c1-4-8-18-16(5-2)21(17-9-6-7-10-19(17)23-18)22(26)29-13-20(25)24(3)15-11-12-30(27,28)14-15/h6-7,9-10,15H,4-5,8,11-14H2,1-3H3/t15-/m1/s1. The quantitative estimate of drug-likeness (QED) is 0.624. The highest BCUT2D eigenvalue weighted by atomic mass is 32.2. The lowest BCUT2D eigenvalue weighted by Crippen LogP contribution is -2.40. The zero-order chi connectivity index (χ0) is 21.9. The fourth-order valence-corrected chi connectivity index (χ4v) is 5.72. The van der Waals surface area contributed by atoms with Crippen molar-refractivity contribution in [2.24, 2.45) is 0 Å². The van der Waals surface area contributed by atoms with Crippen LogP contribution in [0.3, 0.4) is 0 Å². The van der Waals surface area contributed by atoms with Crippen LogP contribution in [0.15, 0.2) is 24.3 Å². The van der Waals surface area contributed by atoms with Crippen LogP contribution < -0.4 is 0 Å². The number of rotatable bonds is 7. The Hall–Kier alpha value is -2.48. The molecule has 0 saturated carbocycles. The summed E-state index contributed by atoms with van der Waals surface area (Å²) in [5.74, 6) is -0.921. The summed E-state index contributed by atoms with van der Waals surface area (Å²) in [6.07, 6.45) is 2.70. The second kappa shape index (κ2) is 9.12. The third-order valence-corrected chi connectivity index (χ3v) is 7.35. The molecule has 0 aliphatic carbocycles. The summed E-state index contributed by atoms with van der Waals surface area (Å²) in [7, 11) is -1.54. The molecule has 0 bridgehead atoms. The molecule has 0 unspecified atom stereocenters. The molecule has 1 aliphatic heterocycles. The van der Waals surface area contributed by atoms with Gasteiger partial charge in [-0.25, -0.2) is 13.2 Å². The van der Waals surface area contributed by atoms with Crippen molar-refractivity contribution >= 4 is 32.6 Å². The lowest BCUT2D eigenvalue weighted by Gasteiger charge is -2.23. The van der Waals surface area contributed by atoms with Gasteiger partial charge in [0.1, 0.15) is 0 Å². The van der Waals surface area contributed by atoms with E-state index >= 15 is 0 Å². The molecule has 2 aromatic rings. The molecule has 1 atom stereocenters. The minimum atomic E-state index is -3.10. The Balaban J connectivity index is 1.82. The van der Waals surface area contributed by atoms with E-state index in [2.05, 4.69) is 6.92 Å². The molecule has 1 saturated heterocycles. The minimum absolute atomic E-state index is 0.0431. The SMILES string of the molecule is CCCc1nc2ccccc2c(C(=O)OCC(=O)N(C)[C@@H]2CCS(=O)(=O)C2)c1CC. The number of esters is 1. The van der Waals surface area contributed by atoms with Gasteiger partial charge in [0.15, 0.2) is 16.4 Å². The number of carbonyl (C=O) groups is 2. The summed E-state index contributed by atoms with van der Waals surface area (Å²) < 4.78 is 28.7. The number of aromatic nitrogens is 1. The largest absolute Gasteiger partial charge is 0.452 e. The van der Waals surface area contributed by atoms with Crippen LogP contribution >= 0.6 is 0 Å². The van der Waals surface area contributed by atoms with Gasteiger partial charge in [-0.15, -0.1) is 0 Å². The summed E-state index contributed by atoms with van der Waals surface area (Å²) in [6, 6.07) is 7.05. The molecule has 0 spiro atoms. The first-order valence-corrected chi connectivity index (χ1v) is 12.1. The van der Waals surface area contributed by atoms with Crippen LogP contribution in [0, 0.1) is 0 Å². The average Bonchev–Trinajstić information content (AvgIpc) is 3.10. The van der Waals surface area contributed by atoms with Gasteiger partial charge in [-0.2, -0.15) is 0 Å². The Kier molecular flexibility index (Phi) is 6.75. The summed E-state index contributed by atoms with van der Waals surface area (Å²) in [5.41, 5.74) is 2.92. The highest BCUT2D eigenvalue weighted by Crippen LogP contribution is 2.26. The van der Waals surface area contributed by atoms with Crippen molar-refractivity contribution in [2.45, 2.75) is 45.6 Å². The normalized spacial score (nSPS) is 17.8. The van der Waals surface area contributed by atoms with E-state index in [1.165, 1.54) is 4.90 Å². The van der Waals surface area contributed by atoms with E-state index < -0.39 is 28.3 Å². The van der Waals surface area contributed by atoms with E-state index in [4.69, 9.17) is 9.72 Å². The van der Waals surface area contributed by atoms with Crippen molar-refractivity contribution in [3.8, 4) is 0 Å². The zero-order valence-electron chi connectivity index (χ0n) is 17.7. The number of hydrogen-bond acceptors (Lipinski definition) is 6. The van der Waals surface area contributed by atoms with E-state index in [-0.39, 0.29) is 17.5 Å².